The molecule has 0 aromatic carbocycles. The van der Waals surface area contributed by atoms with Gasteiger partial charge in [0.1, 0.15) is 6.26 Å². The van der Waals surface area contributed by atoms with E-state index < -0.39 is 0 Å². The lowest BCUT2D eigenvalue weighted by Crippen LogP contribution is -1.89. The third-order valence-electron chi connectivity index (χ3n) is 0.157. The van der Waals surface area contributed by atoms with Crippen molar-refractivity contribution in [2.45, 2.75) is 0 Å². The third-order valence-corrected chi connectivity index (χ3v) is 0.157. The topological polar surface area (TPSA) is 61.3 Å². The first-order valence-corrected chi connectivity index (χ1v) is 1.14. The van der Waals surface area contributed by atoms with E-state index in [1.54, 1.807) is 0 Å². The van der Waals surface area contributed by atoms with Gasteiger partial charge >= 0.3 is 0 Å². The highest BCUT2D eigenvalue weighted by atomic mass is 16.6. The molecule has 0 bridgehead atoms. The monoisotopic (exact) mass is 74.0 g/mol. The van der Waals surface area contributed by atoms with E-state index in [9.17, 15) is 0 Å². The Morgan fingerprint density at radius 2 is 2.20 bits per heavy atom. The molecular weight excluding hydrogens is 68.0 g/mol. The SMILES string of the molecule is NC=CON. The molecular formula is C2H6N2O. The lowest BCUT2D eigenvalue weighted by Gasteiger charge is -1.76. The van der Waals surface area contributed by atoms with Crippen molar-refractivity contribution in [3.05, 3.63) is 12.5 Å². The Labute approximate surface area is 30.2 Å². The first kappa shape index (κ1) is 4.30. The zero-order chi connectivity index (χ0) is 4.12. The molecule has 5 heavy (non-hydrogen) atoms. The van der Waals surface area contributed by atoms with Crippen LogP contribution >= 0.6 is 0 Å². The van der Waals surface area contributed by atoms with Crippen molar-refractivity contribution in [2.75, 3.05) is 0 Å². The first-order valence-electron chi connectivity index (χ1n) is 1.14. The van der Waals surface area contributed by atoms with Crippen molar-refractivity contribution in [3.63, 3.8) is 0 Å². The van der Waals surface area contributed by atoms with Crippen LogP contribution in [0.2, 0.25) is 0 Å². The van der Waals surface area contributed by atoms with Crippen LogP contribution in [0.25, 0.3) is 0 Å². The molecule has 0 aromatic rings. The summed E-state index contributed by atoms with van der Waals surface area (Å²) in [7, 11) is 0. The van der Waals surface area contributed by atoms with Gasteiger partial charge in [-0.2, -0.15) is 5.90 Å². The summed E-state index contributed by atoms with van der Waals surface area (Å²) in [5, 5.41) is 0. The summed E-state index contributed by atoms with van der Waals surface area (Å²) < 4.78 is 0. The van der Waals surface area contributed by atoms with Crippen LogP contribution < -0.4 is 11.6 Å². The van der Waals surface area contributed by atoms with Gasteiger partial charge in [-0.1, -0.05) is 0 Å². The summed E-state index contributed by atoms with van der Waals surface area (Å²) in [5.74, 6) is 4.47. The minimum Gasteiger partial charge on any atom is -0.418 e. The summed E-state index contributed by atoms with van der Waals surface area (Å²) in [6.07, 6.45) is 2.39. The highest BCUT2D eigenvalue weighted by Gasteiger charge is 1.47. The van der Waals surface area contributed by atoms with Crippen LogP contribution in [0.4, 0.5) is 0 Å². The quantitative estimate of drug-likeness (QED) is 0.319. The van der Waals surface area contributed by atoms with Gasteiger partial charge in [0.2, 0.25) is 0 Å². The molecule has 4 N–H and O–H groups in total. The molecule has 0 unspecified atom stereocenters. The number of rotatable bonds is 1. The smallest absolute Gasteiger partial charge is 0.126 e. The van der Waals surface area contributed by atoms with Crippen molar-refractivity contribution in [1.29, 1.82) is 0 Å². The lowest BCUT2D eigenvalue weighted by molar-refractivity contribution is 0.260. The van der Waals surface area contributed by atoms with E-state index >= 15 is 0 Å². The number of hydrogen-bond acceptors (Lipinski definition) is 3. The van der Waals surface area contributed by atoms with Crippen LogP contribution in [0.3, 0.4) is 0 Å². The molecule has 3 heteroatoms. The van der Waals surface area contributed by atoms with Gasteiger partial charge in [0.05, 0.1) is 0 Å². The van der Waals surface area contributed by atoms with Gasteiger partial charge < -0.3 is 10.6 Å². The predicted molar refractivity (Wildman–Crippen MR) is 18.6 cm³/mol. The molecule has 0 aliphatic rings. The number of nitrogens with two attached hydrogens (primary N) is 2. The van der Waals surface area contributed by atoms with E-state index in [0.717, 1.165) is 0 Å². The second-order valence-electron chi connectivity index (χ2n) is 0.465. The predicted octanol–water partition coefficient (Wildman–Crippen LogP) is -0.693. The number of hydrogen-bond donors (Lipinski definition) is 2. The van der Waals surface area contributed by atoms with Crippen molar-refractivity contribution in [1.82, 2.24) is 0 Å². The van der Waals surface area contributed by atoms with Crippen LogP contribution in [0, 0.1) is 0 Å². The van der Waals surface area contributed by atoms with E-state index in [0.29, 0.717) is 0 Å². The van der Waals surface area contributed by atoms with Gasteiger partial charge in [-0.15, -0.1) is 0 Å². The zero-order valence-corrected chi connectivity index (χ0v) is 2.72. The summed E-state index contributed by atoms with van der Waals surface area (Å²) in [5.41, 5.74) is 4.75. The van der Waals surface area contributed by atoms with Gasteiger partial charge in [0.25, 0.3) is 0 Å². The average Bonchev–Trinajstić information content (AvgIpc) is 1.41. The fraction of sp³-hybridized carbons (Fsp3) is 0. The molecule has 3 nitrogen and oxygen atoms in total. The Morgan fingerprint density at radius 3 is 2.20 bits per heavy atom. The molecule has 0 saturated carbocycles. The molecule has 0 fully saturated rings. The van der Waals surface area contributed by atoms with Crippen molar-refractivity contribution >= 4 is 0 Å². The molecule has 0 aliphatic carbocycles. The highest BCUT2D eigenvalue weighted by Crippen LogP contribution is 1.52. The Kier molecular flexibility index (Phi) is 2.84. The Bertz CT molecular complexity index is 34.6. The van der Waals surface area contributed by atoms with Crippen LogP contribution in [0.15, 0.2) is 12.5 Å². The summed E-state index contributed by atoms with van der Waals surface area (Å²) >= 11 is 0. The molecule has 30 valence electrons. The molecule has 0 rings (SSSR count). The highest BCUT2D eigenvalue weighted by molar-refractivity contribution is 4.60. The normalized spacial score (nSPS) is 9.00. The standard InChI is InChI=1S/C2H6N2O/c3-1-2-5-4/h1-2H,3-4H2. The lowest BCUT2D eigenvalue weighted by atomic mass is 11.0. The van der Waals surface area contributed by atoms with Gasteiger partial charge in [-0.25, -0.2) is 0 Å². The molecule has 0 atom stereocenters. The van der Waals surface area contributed by atoms with E-state index in [1.165, 1.54) is 12.5 Å². The summed E-state index contributed by atoms with van der Waals surface area (Å²) in [6, 6.07) is 0. The van der Waals surface area contributed by atoms with Gasteiger partial charge in [0.15, 0.2) is 0 Å². The van der Waals surface area contributed by atoms with Crippen LogP contribution in [-0.4, -0.2) is 0 Å². The van der Waals surface area contributed by atoms with Crippen molar-refractivity contribution < 1.29 is 4.84 Å². The van der Waals surface area contributed by atoms with Gasteiger partial charge in [0, 0.05) is 6.20 Å². The maximum absolute atomic E-state index is 4.75. The average molecular weight is 74.1 g/mol. The van der Waals surface area contributed by atoms with Gasteiger partial charge in [-0.3, -0.25) is 0 Å². The van der Waals surface area contributed by atoms with E-state index in [2.05, 4.69) is 10.7 Å². The van der Waals surface area contributed by atoms with Crippen molar-refractivity contribution in [3.8, 4) is 0 Å². The maximum atomic E-state index is 4.75. The molecule has 0 aliphatic heterocycles. The maximum Gasteiger partial charge on any atom is 0.126 e. The minimum atomic E-state index is 1.18. The fourth-order valence-electron chi connectivity index (χ4n) is 0.0454. The zero-order valence-electron chi connectivity index (χ0n) is 2.72. The first-order chi connectivity index (χ1) is 2.41. The minimum absolute atomic E-state index is 1.18. The Morgan fingerprint density at radius 1 is 1.60 bits per heavy atom. The second-order valence-corrected chi connectivity index (χ2v) is 0.465. The molecule has 0 saturated heterocycles. The van der Waals surface area contributed by atoms with E-state index in [1.807, 2.05) is 0 Å². The molecule has 0 amide bonds. The van der Waals surface area contributed by atoms with Crippen LogP contribution in [-0.2, 0) is 4.84 Å². The summed E-state index contributed by atoms with van der Waals surface area (Å²) in [4.78, 5) is 3.89. The summed E-state index contributed by atoms with van der Waals surface area (Å²) in [6.45, 7) is 0. The van der Waals surface area contributed by atoms with Gasteiger partial charge in [-0.05, 0) is 0 Å². The Balaban J connectivity index is 2.62. The third kappa shape index (κ3) is 3.30. The van der Waals surface area contributed by atoms with E-state index in [4.69, 9.17) is 5.73 Å². The van der Waals surface area contributed by atoms with E-state index in [-0.39, 0.29) is 0 Å². The fourth-order valence-corrected chi connectivity index (χ4v) is 0.0454. The van der Waals surface area contributed by atoms with Crippen LogP contribution in [0.5, 0.6) is 0 Å². The van der Waals surface area contributed by atoms with Crippen LogP contribution in [0.1, 0.15) is 0 Å². The second kappa shape index (κ2) is 3.30. The Hall–Kier alpha value is -0.700. The molecule has 0 spiro atoms. The molecule has 0 aromatic heterocycles. The van der Waals surface area contributed by atoms with Crippen molar-refractivity contribution in [2.24, 2.45) is 11.6 Å². The largest absolute Gasteiger partial charge is 0.418 e. The molecule has 0 heterocycles. The molecule has 0 radical (unpaired) electrons.